The van der Waals surface area contributed by atoms with Crippen LogP contribution < -0.4 is 0 Å². The van der Waals surface area contributed by atoms with Crippen LogP contribution in [0.25, 0.3) is 0 Å². The molecule has 2 nitrogen and oxygen atoms in total. The Balaban J connectivity index is 2.07. The number of nitrogens with zero attached hydrogens (tertiary/aromatic N) is 1. The van der Waals surface area contributed by atoms with Crippen molar-refractivity contribution in [1.29, 1.82) is 0 Å². The fourth-order valence-electron chi connectivity index (χ4n) is 4.14. The minimum Gasteiger partial charge on any atom is -0.388 e. The Labute approximate surface area is 160 Å². The lowest BCUT2D eigenvalue weighted by molar-refractivity contribution is -0.0884. The molecule has 0 aliphatic carbocycles. The molecule has 2 aromatic carbocycles. The molecule has 0 bridgehead atoms. The molecule has 1 heterocycles. The maximum Gasteiger partial charge on any atom is 0.123 e. The van der Waals surface area contributed by atoms with Crippen molar-refractivity contribution < 1.29 is 13.9 Å². The molecule has 3 rings (SSSR count). The smallest absolute Gasteiger partial charge is 0.123 e. The average molecular weight is 373 g/mol. The molecule has 2 unspecified atom stereocenters. The maximum atomic E-state index is 13.5. The van der Waals surface area contributed by atoms with E-state index in [1.54, 1.807) is 24.3 Å². The molecule has 1 N–H and O–H groups in total. The largest absolute Gasteiger partial charge is 0.388 e. The number of benzene rings is 2. The summed E-state index contributed by atoms with van der Waals surface area (Å²) < 4.78 is 27.0. The quantitative estimate of drug-likeness (QED) is 0.767. The summed E-state index contributed by atoms with van der Waals surface area (Å²) in [7, 11) is 0. The second kappa shape index (κ2) is 8.07. The molecule has 2 atom stereocenters. The van der Waals surface area contributed by atoms with Crippen molar-refractivity contribution in [3.63, 3.8) is 0 Å². The van der Waals surface area contributed by atoms with Crippen LogP contribution in [0.3, 0.4) is 0 Å². The first-order chi connectivity index (χ1) is 12.8. The van der Waals surface area contributed by atoms with E-state index in [1.165, 1.54) is 24.3 Å². The number of rotatable bonds is 5. The monoisotopic (exact) mass is 373 g/mol. The van der Waals surface area contributed by atoms with Crippen LogP contribution in [0, 0.1) is 17.6 Å². The van der Waals surface area contributed by atoms with Crippen LogP contribution in [0.2, 0.25) is 0 Å². The van der Waals surface area contributed by atoms with Crippen molar-refractivity contribution in [3.8, 4) is 0 Å². The highest BCUT2D eigenvalue weighted by atomic mass is 19.1. The second-order valence-electron chi connectivity index (χ2n) is 8.14. The highest BCUT2D eigenvalue weighted by Crippen LogP contribution is 2.39. The van der Waals surface area contributed by atoms with E-state index >= 15 is 0 Å². The molecule has 2 aromatic rings. The molecule has 1 aliphatic rings. The maximum absolute atomic E-state index is 13.5. The molecule has 1 saturated heterocycles. The predicted octanol–water partition coefficient (Wildman–Crippen LogP) is 5.32. The van der Waals surface area contributed by atoms with Gasteiger partial charge in [0, 0.05) is 6.04 Å². The van der Waals surface area contributed by atoms with Gasteiger partial charge in [-0.2, -0.15) is 0 Å². The van der Waals surface area contributed by atoms with Crippen molar-refractivity contribution in [2.24, 2.45) is 5.92 Å². The Morgan fingerprint density at radius 1 is 0.926 bits per heavy atom. The van der Waals surface area contributed by atoms with Gasteiger partial charge >= 0.3 is 0 Å². The summed E-state index contributed by atoms with van der Waals surface area (Å²) in [5.41, 5.74) is 1.06. The summed E-state index contributed by atoms with van der Waals surface area (Å²) in [4.78, 5) is 2.32. The molecule has 0 aromatic heterocycles. The number of halogens is 2. The molecule has 4 heteroatoms. The summed E-state index contributed by atoms with van der Waals surface area (Å²) in [6, 6.07) is 12.8. The van der Waals surface area contributed by atoms with Crippen LogP contribution in [0.5, 0.6) is 0 Å². The summed E-state index contributed by atoms with van der Waals surface area (Å²) >= 11 is 0. The Morgan fingerprint density at radius 2 is 1.41 bits per heavy atom. The first kappa shape index (κ1) is 20.0. The highest BCUT2D eigenvalue weighted by Gasteiger charge is 2.43. The zero-order chi connectivity index (χ0) is 19.6. The number of hydrogen-bond acceptors (Lipinski definition) is 2. The zero-order valence-electron chi connectivity index (χ0n) is 16.3. The topological polar surface area (TPSA) is 23.5 Å². The van der Waals surface area contributed by atoms with E-state index in [-0.39, 0.29) is 29.6 Å². The SMILES string of the molecule is CC(C)C(C)(O)C1CCCCN1C(c1ccc(F)cc1)c1ccc(F)cc1. The van der Waals surface area contributed by atoms with Gasteiger partial charge < -0.3 is 5.11 Å². The van der Waals surface area contributed by atoms with E-state index in [0.29, 0.717) is 0 Å². The Hall–Kier alpha value is -1.78. The van der Waals surface area contributed by atoms with Crippen LogP contribution in [-0.4, -0.2) is 28.2 Å². The van der Waals surface area contributed by atoms with Crippen molar-refractivity contribution in [3.05, 3.63) is 71.3 Å². The van der Waals surface area contributed by atoms with Crippen molar-refractivity contribution >= 4 is 0 Å². The predicted molar refractivity (Wildman–Crippen MR) is 104 cm³/mol. The fraction of sp³-hybridized carbons (Fsp3) is 0.478. The van der Waals surface area contributed by atoms with Gasteiger partial charge in [0.2, 0.25) is 0 Å². The molecular formula is C23H29F2NO. The third kappa shape index (κ3) is 4.22. The molecule has 0 amide bonds. The lowest BCUT2D eigenvalue weighted by Crippen LogP contribution is -2.56. The summed E-state index contributed by atoms with van der Waals surface area (Å²) in [6.07, 6.45) is 3.03. The number of piperidine rings is 1. The molecule has 1 fully saturated rings. The van der Waals surface area contributed by atoms with E-state index in [9.17, 15) is 13.9 Å². The average Bonchev–Trinajstić information content (AvgIpc) is 2.65. The van der Waals surface area contributed by atoms with Crippen molar-refractivity contribution in [2.75, 3.05) is 6.54 Å². The first-order valence-corrected chi connectivity index (χ1v) is 9.79. The van der Waals surface area contributed by atoms with E-state index in [2.05, 4.69) is 4.90 Å². The van der Waals surface area contributed by atoms with Gasteiger partial charge in [-0.1, -0.05) is 44.5 Å². The number of hydrogen-bond donors (Lipinski definition) is 1. The summed E-state index contributed by atoms with van der Waals surface area (Å²) in [6.45, 7) is 6.83. The highest BCUT2D eigenvalue weighted by molar-refractivity contribution is 5.33. The van der Waals surface area contributed by atoms with Gasteiger partial charge in [0.1, 0.15) is 11.6 Å². The molecule has 27 heavy (non-hydrogen) atoms. The Bertz CT molecular complexity index is 694. The van der Waals surface area contributed by atoms with Gasteiger partial charge in [-0.25, -0.2) is 8.78 Å². The van der Waals surface area contributed by atoms with Crippen LogP contribution in [0.1, 0.15) is 57.2 Å². The van der Waals surface area contributed by atoms with Gasteiger partial charge in [0.15, 0.2) is 0 Å². The minimum absolute atomic E-state index is 0.0219. The van der Waals surface area contributed by atoms with Crippen molar-refractivity contribution in [2.45, 2.75) is 57.7 Å². The van der Waals surface area contributed by atoms with Gasteiger partial charge in [-0.15, -0.1) is 0 Å². The Kier molecular flexibility index (Phi) is 5.97. The van der Waals surface area contributed by atoms with Crippen LogP contribution >= 0.6 is 0 Å². The molecule has 0 spiro atoms. The van der Waals surface area contributed by atoms with Crippen LogP contribution in [0.15, 0.2) is 48.5 Å². The summed E-state index contributed by atoms with van der Waals surface area (Å²) in [5.74, 6) is -0.452. The van der Waals surface area contributed by atoms with Gasteiger partial charge in [0.05, 0.1) is 11.6 Å². The van der Waals surface area contributed by atoms with Crippen LogP contribution in [-0.2, 0) is 0 Å². The number of aliphatic hydroxyl groups is 1. The molecule has 0 radical (unpaired) electrons. The Morgan fingerprint density at radius 3 is 1.85 bits per heavy atom. The first-order valence-electron chi connectivity index (χ1n) is 9.79. The van der Waals surface area contributed by atoms with E-state index in [4.69, 9.17) is 0 Å². The molecule has 146 valence electrons. The second-order valence-corrected chi connectivity index (χ2v) is 8.14. The third-order valence-electron chi connectivity index (χ3n) is 6.09. The van der Waals surface area contributed by atoms with E-state index in [0.717, 1.165) is 36.9 Å². The molecular weight excluding hydrogens is 344 g/mol. The van der Waals surface area contributed by atoms with Gasteiger partial charge in [-0.05, 0) is 67.6 Å². The van der Waals surface area contributed by atoms with Crippen LogP contribution in [0.4, 0.5) is 8.78 Å². The summed E-state index contributed by atoms with van der Waals surface area (Å²) in [5, 5.41) is 11.3. The molecule has 0 saturated carbocycles. The lowest BCUT2D eigenvalue weighted by Gasteiger charge is -2.49. The normalized spacial score (nSPS) is 20.8. The zero-order valence-corrected chi connectivity index (χ0v) is 16.3. The number of likely N-dealkylation sites (tertiary alicyclic amines) is 1. The fourth-order valence-corrected chi connectivity index (χ4v) is 4.14. The molecule has 1 aliphatic heterocycles. The van der Waals surface area contributed by atoms with Crippen molar-refractivity contribution in [1.82, 2.24) is 4.90 Å². The van der Waals surface area contributed by atoms with E-state index < -0.39 is 5.60 Å². The third-order valence-corrected chi connectivity index (χ3v) is 6.09. The standard InChI is InChI=1S/C23H29F2NO/c1-16(2)23(3,27)21-6-4-5-15-26(21)22(17-7-11-19(24)12-8-17)18-9-13-20(25)14-10-18/h7-14,16,21-22,27H,4-6,15H2,1-3H3. The minimum atomic E-state index is -0.848. The van der Waals surface area contributed by atoms with E-state index in [1.807, 2.05) is 20.8 Å². The lowest BCUT2D eigenvalue weighted by atomic mass is 9.78. The van der Waals surface area contributed by atoms with Gasteiger partial charge in [-0.3, -0.25) is 4.90 Å². The van der Waals surface area contributed by atoms with Gasteiger partial charge in [0.25, 0.3) is 0 Å².